The van der Waals surface area contributed by atoms with Crippen LogP contribution >= 0.6 is 11.3 Å². The molecule has 1 fully saturated rings. The molecule has 2 aromatic rings. The summed E-state index contributed by atoms with van der Waals surface area (Å²) >= 11 is 1.64. The third-order valence-corrected chi connectivity index (χ3v) is 6.04. The summed E-state index contributed by atoms with van der Waals surface area (Å²) in [6.45, 7) is 7.49. The van der Waals surface area contributed by atoms with Crippen LogP contribution < -0.4 is 15.8 Å². The summed E-state index contributed by atoms with van der Waals surface area (Å²) < 4.78 is 12.3. The van der Waals surface area contributed by atoms with E-state index < -0.39 is 5.60 Å². The first kappa shape index (κ1) is 19.3. The zero-order chi connectivity index (χ0) is 19.9. The lowest BCUT2D eigenvalue weighted by molar-refractivity contribution is 0.0249. The fourth-order valence-electron chi connectivity index (χ4n) is 3.75. The number of fused-ring (bicyclic) bond motifs is 3. The zero-order valence-electron chi connectivity index (χ0n) is 16.7. The number of ether oxygens (including phenoxy) is 2. The molecule has 8 heteroatoms. The van der Waals surface area contributed by atoms with E-state index in [2.05, 4.69) is 11.4 Å². The molecule has 1 aromatic carbocycles. The second-order valence-electron chi connectivity index (χ2n) is 8.49. The van der Waals surface area contributed by atoms with Crippen molar-refractivity contribution >= 4 is 32.8 Å². The Morgan fingerprint density at radius 3 is 3.04 bits per heavy atom. The molecular weight excluding hydrogens is 376 g/mol. The van der Waals surface area contributed by atoms with Crippen molar-refractivity contribution in [1.82, 2.24) is 9.88 Å². The summed E-state index contributed by atoms with van der Waals surface area (Å²) in [6, 6.07) is 3.98. The number of nitrogens with two attached hydrogens (primary N) is 1. The molecule has 0 aliphatic carbocycles. The maximum absolute atomic E-state index is 12.4. The van der Waals surface area contributed by atoms with Gasteiger partial charge < -0.3 is 25.4 Å². The van der Waals surface area contributed by atoms with Crippen LogP contribution in [0, 0.1) is 0 Å². The average Bonchev–Trinajstić information content (AvgIpc) is 3.19. The summed E-state index contributed by atoms with van der Waals surface area (Å²) in [5.74, 6) is 0.948. The van der Waals surface area contributed by atoms with Crippen molar-refractivity contribution in [2.24, 2.45) is 5.73 Å². The van der Waals surface area contributed by atoms with Crippen molar-refractivity contribution in [3.05, 3.63) is 17.7 Å². The molecule has 1 saturated heterocycles. The van der Waals surface area contributed by atoms with E-state index in [0.717, 1.165) is 47.0 Å². The molecule has 3 N–H and O–H groups in total. The Labute approximate surface area is 169 Å². The number of thiazole rings is 1. The number of hydrogen-bond acceptors (Lipinski definition) is 7. The van der Waals surface area contributed by atoms with E-state index in [0.29, 0.717) is 13.1 Å². The highest BCUT2D eigenvalue weighted by Crippen LogP contribution is 2.36. The van der Waals surface area contributed by atoms with Gasteiger partial charge in [0, 0.05) is 37.2 Å². The van der Waals surface area contributed by atoms with Gasteiger partial charge in [0.15, 0.2) is 5.13 Å². The first-order valence-electron chi connectivity index (χ1n) is 9.85. The van der Waals surface area contributed by atoms with E-state index in [4.69, 9.17) is 20.2 Å². The van der Waals surface area contributed by atoms with Crippen molar-refractivity contribution in [1.29, 1.82) is 0 Å². The minimum absolute atomic E-state index is 0.0669. The number of aromatic nitrogens is 1. The molecule has 4 rings (SSSR count). The van der Waals surface area contributed by atoms with E-state index in [1.165, 1.54) is 5.56 Å². The SMILES string of the molecule is CC(C)(C)OC(=O)N1CCC[C@@H](Nc2nc3c4c(ccc3s2)OCC4)[C@@H](N)C1. The third kappa shape index (κ3) is 4.03. The van der Waals surface area contributed by atoms with Gasteiger partial charge in [-0.05, 0) is 45.7 Å². The molecule has 0 saturated carbocycles. The highest BCUT2D eigenvalue weighted by atomic mass is 32.1. The summed E-state index contributed by atoms with van der Waals surface area (Å²) in [7, 11) is 0. The van der Waals surface area contributed by atoms with E-state index in [1.54, 1.807) is 16.2 Å². The van der Waals surface area contributed by atoms with Crippen LogP contribution in [0.1, 0.15) is 39.2 Å². The Hall–Kier alpha value is -2.06. The molecule has 2 aliphatic heterocycles. The van der Waals surface area contributed by atoms with Gasteiger partial charge in [0.1, 0.15) is 11.4 Å². The quantitative estimate of drug-likeness (QED) is 0.798. The second kappa shape index (κ2) is 7.40. The number of carbonyl (C=O) groups excluding carboxylic acids is 1. The Morgan fingerprint density at radius 1 is 1.43 bits per heavy atom. The average molecular weight is 405 g/mol. The van der Waals surface area contributed by atoms with Crippen molar-refractivity contribution < 1.29 is 14.3 Å². The molecule has 3 heterocycles. The topological polar surface area (TPSA) is 89.7 Å². The number of rotatable bonds is 2. The van der Waals surface area contributed by atoms with Crippen molar-refractivity contribution in [3.8, 4) is 5.75 Å². The summed E-state index contributed by atoms with van der Waals surface area (Å²) in [5, 5.41) is 4.40. The number of amides is 1. The van der Waals surface area contributed by atoms with Crippen LogP contribution in [0.2, 0.25) is 0 Å². The molecule has 28 heavy (non-hydrogen) atoms. The van der Waals surface area contributed by atoms with Crippen molar-refractivity contribution in [3.63, 3.8) is 0 Å². The third-order valence-electron chi connectivity index (χ3n) is 5.08. The molecule has 152 valence electrons. The lowest BCUT2D eigenvalue weighted by atomic mass is 10.1. The smallest absolute Gasteiger partial charge is 0.410 e. The van der Waals surface area contributed by atoms with Gasteiger partial charge >= 0.3 is 6.09 Å². The number of nitrogens with one attached hydrogen (secondary N) is 1. The zero-order valence-corrected chi connectivity index (χ0v) is 17.5. The summed E-state index contributed by atoms with van der Waals surface area (Å²) in [4.78, 5) is 18.9. The van der Waals surface area contributed by atoms with Crippen LogP contribution in [-0.4, -0.2) is 53.4 Å². The normalized spacial score (nSPS) is 22.5. The second-order valence-corrected chi connectivity index (χ2v) is 9.52. The number of carbonyl (C=O) groups is 1. The van der Waals surface area contributed by atoms with Crippen LogP contribution in [0.15, 0.2) is 12.1 Å². The number of hydrogen-bond donors (Lipinski definition) is 2. The number of likely N-dealkylation sites (tertiary alicyclic amines) is 1. The predicted molar refractivity (Wildman–Crippen MR) is 111 cm³/mol. The highest BCUT2D eigenvalue weighted by Gasteiger charge is 2.30. The minimum Gasteiger partial charge on any atom is -0.493 e. The van der Waals surface area contributed by atoms with Crippen LogP contribution in [0.25, 0.3) is 10.2 Å². The van der Waals surface area contributed by atoms with E-state index >= 15 is 0 Å². The first-order chi connectivity index (χ1) is 13.3. The summed E-state index contributed by atoms with van der Waals surface area (Å²) in [6.07, 6.45) is 2.37. The van der Waals surface area contributed by atoms with Gasteiger partial charge in [-0.2, -0.15) is 0 Å². The Bertz CT molecular complexity index is 876. The molecular formula is C20H28N4O3S. The number of benzene rings is 1. The Balaban J connectivity index is 1.45. The first-order valence-corrected chi connectivity index (χ1v) is 10.7. The van der Waals surface area contributed by atoms with Crippen molar-refractivity contribution in [2.45, 2.75) is 57.7 Å². The van der Waals surface area contributed by atoms with E-state index in [9.17, 15) is 4.79 Å². The Kier molecular flexibility index (Phi) is 5.09. The molecule has 0 radical (unpaired) electrons. The molecule has 2 aliphatic rings. The van der Waals surface area contributed by atoms with Gasteiger partial charge in [0.05, 0.1) is 16.8 Å². The fourth-order valence-corrected chi connectivity index (χ4v) is 4.71. The Morgan fingerprint density at radius 2 is 2.25 bits per heavy atom. The minimum atomic E-state index is -0.504. The molecule has 0 spiro atoms. The van der Waals surface area contributed by atoms with Crippen molar-refractivity contribution in [2.75, 3.05) is 25.0 Å². The molecule has 0 unspecified atom stereocenters. The van der Waals surface area contributed by atoms with Crippen LogP contribution in [-0.2, 0) is 11.2 Å². The van der Waals surface area contributed by atoms with Crippen LogP contribution in [0.3, 0.4) is 0 Å². The standard InChI is InChI=1S/C20H28N4O3S/c1-20(2,3)27-19(25)24-9-4-5-14(13(21)11-24)22-18-23-17-12-8-10-26-15(12)6-7-16(17)28-18/h6-7,13-14H,4-5,8-11,21H2,1-3H3,(H,22,23)/t13-,14+/m0/s1. The monoisotopic (exact) mass is 404 g/mol. The number of nitrogens with zero attached hydrogens (tertiary/aromatic N) is 2. The maximum Gasteiger partial charge on any atom is 0.410 e. The molecule has 1 amide bonds. The van der Waals surface area contributed by atoms with Gasteiger partial charge in [0.25, 0.3) is 0 Å². The van der Waals surface area contributed by atoms with Gasteiger partial charge in [-0.1, -0.05) is 11.3 Å². The summed E-state index contributed by atoms with van der Waals surface area (Å²) in [5.41, 5.74) is 8.17. The molecule has 7 nitrogen and oxygen atoms in total. The largest absolute Gasteiger partial charge is 0.493 e. The lowest BCUT2D eigenvalue weighted by Gasteiger charge is -2.28. The van der Waals surface area contributed by atoms with E-state index in [1.807, 2.05) is 26.8 Å². The van der Waals surface area contributed by atoms with Gasteiger partial charge in [-0.15, -0.1) is 0 Å². The number of anilines is 1. The van der Waals surface area contributed by atoms with Gasteiger partial charge in [-0.3, -0.25) is 0 Å². The molecule has 1 aromatic heterocycles. The fraction of sp³-hybridized carbons (Fsp3) is 0.600. The van der Waals surface area contributed by atoms with Gasteiger partial charge in [0.2, 0.25) is 0 Å². The van der Waals surface area contributed by atoms with Crippen LogP contribution in [0.5, 0.6) is 5.75 Å². The van der Waals surface area contributed by atoms with Gasteiger partial charge in [-0.25, -0.2) is 9.78 Å². The molecule has 2 atom stereocenters. The van der Waals surface area contributed by atoms with E-state index in [-0.39, 0.29) is 18.2 Å². The maximum atomic E-state index is 12.4. The predicted octanol–water partition coefficient (Wildman–Crippen LogP) is 3.37. The lowest BCUT2D eigenvalue weighted by Crippen LogP contribution is -2.48. The van der Waals surface area contributed by atoms with Crippen LogP contribution in [0.4, 0.5) is 9.93 Å². The molecule has 0 bridgehead atoms. The highest BCUT2D eigenvalue weighted by molar-refractivity contribution is 7.22.